The van der Waals surface area contributed by atoms with E-state index in [2.05, 4.69) is 26.6 Å². The van der Waals surface area contributed by atoms with E-state index in [0.717, 1.165) is 5.56 Å². The zero-order valence-corrected chi connectivity index (χ0v) is 13.2. The van der Waals surface area contributed by atoms with Crippen molar-refractivity contribution < 1.29 is 14.5 Å². The van der Waals surface area contributed by atoms with Crippen molar-refractivity contribution in [2.45, 2.75) is 6.54 Å². The first-order valence-corrected chi connectivity index (χ1v) is 7.41. The summed E-state index contributed by atoms with van der Waals surface area (Å²) < 4.78 is 0.299. The van der Waals surface area contributed by atoms with Gasteiger partial charge in [0.1, 0.15) is 0 Å². The van der Waals surface area contributed by atoms with Gasteiger partial charge in [0.15, 0.2) is 0 Å². The van der Waals surface area contributed by atoms with E-state index in [4.69, 9.17) is 0 Å². The van der Waals surface area contributed by atoms with Crippen molar-refractivity contribution >= 4 is 39.1 Å². The van der Waals surface area contributed by atoms with Crippen LogP contribution in [0.15, 0.2) is 40.9 Å². The molecule has 1 heterocycles. The van der Waals surface area contributed by atoms with Crippen molar-refractivity contribution in [2.24, 2.45) is 0 Å². The average Bonchev–Trinajstić information content (AvgIpc) is 2.88. The van der Waals surface area contributed by atoms with Gasteiger partial charge in [-0.15, -0.1) is 0 Å². The van der Waals surface area contributed by atoms with Gasteiger partial charge in [-0.25, -0.2) is 0 Å². The fourth-order valence-corrected chi connectivity index (χ4v) is 2.68. The Kier molecular flexibility index (Phi) is 3.83. The number of halogens is 1. The number of amides is 2. The Balaban J connectivity index is 1.85. The average molecular weight is 376 g/mol. The lowest BCUT2D eigenvalue weighted by molar-refractivity contribution is -0.385. The van der Waals surface area contributed by atoms with Crippen molar-refractivity contribution in [3.8, 4) is 0 Å². The first-order valence-electron chi connectivity index (χ1n) is 6.62. The minimum absolute atomic E-state index is 0.157. The number of nitro groups is 1. The smallest absolute Gasteiger partial charge is 0.284 e. The number of hydrogen-bond acceptors (Lipinski definition) is 4. The number of nitro benzene ring substituents is 1. The summed E-state index contributed by atoms with van der Waals surface area (Å²) in [5.74, 6) is -0.672. The molecule has 0 radical (unpaired) electrons. The molecular formula is C15H10BrN3O4. The predicted molar refractivity (Wildman–Crippen MR) is 86.4 cm³/mol. The molecule has 0 spiro atoms. The maximum absolute atomic E-state index is 12.2. The summed E-state index contributed by atoms with van der Waals surface area (Å²) >= 11 is 3.07. The van der Waals surface area contributed by atoms with Crippen LogP contribution >= 0.6 is 15.9 Å². The van der Waals surface area contributed by atoms with Crippen LogP contribution in [0.5, 0.6) is 0 Å². The van der Waals surface area contributed by atoms with Gasteiger partial charge in [-0.3, -0.25) is 19.7 Å². The second-order valence-corrected chi connectivity index (χ2v) is 5.79. The Morgan fingerprint density at radius 1 is 1.26 bits per heavy atom. The zero-order chi connectivity index (χ0) is 16.6. The zero-order valence-electron chi connectivity index (χ0n) is 11.6. The molecule has 0 atom stereocenters. The van der Waals surface area contributed by atoms with E-state index in [-0.39, 0.29) is 17.2 Å². The molecule has 1 aliphatic rings. The normalized spacial score (nSPS) is 12.5. The maximum Gasteiger partial charge on any atom is 0.284 e. The molecule has 0 saturated carbocycles. The molecule has 116 valence electrons. The lowest BCUT2D eigenvalue weighted by atomic mass is 10.1. The van der Waals surface area contributed by atoms with Crippen molar-refractivity contribution in [2.75, 3.05) is 5.32 Å². The first kappa shape index (κ1) is 15.2. The largest absolute Gasteiger partial charge is 0.348 e. The van der Waals surface area contributed by atoms with Crippen LogP contribution in [0.4, 0.5) is 11.4 Å². The van der Waals surface area contributed by atoms with Gasteiger partial charge in [0.25, 0.3) is 17.5 Å². The second-order valence-electron chi connectivity index (χ2n) is 4.93. The van der Waals surface area contributed by atoms with E-state index in [0.29, 0.717) is 22.3 Å². The van der Waals surface area contributed by atoms with E-state index in [1.165, 1.54) is 18.2 Å². The van der Waals surface area contributed by atoms with Crippen molar-refractivity contribution in [1.82, 2.24) is 5.32 Å². The van der Waals surface area contributed by atoms with Crippen LogP contribution in [-0.2, 0) is 6.54 Å². The van der Waals surface area contributed by atoms with Crippen LogP contribution in [0.2, 0.25) is 0 Å². The van der Waals surface area contributed by atoms with E-state index in [9.17, 15) is 19.7 Å². The van der Waals surface area contributed by atoms with Crippen LogP contribution in [0.25, 0.3) is 0 Å². The molecule has 2 aromatic carbocycles. The lowest BCUT2D eigenvalue weighted by Crippen LogP contribution is -2.14. The third kappa shape index (κ3) is 2.93. The molecule has 0 aromatic heterocycles. The van der Waals surface area contributed by atoms with Gasteiger partial charge in [-0.1, -0.05) is 6.07 Å². The summed E-state index contributed by atoms with van der Waals surface area (Å²) in [5, 5.41) is 16.2. The summed E-state index contributed by atoms with van der Waals surface area (Å²) in [6.07, 6.45) is 0. The van der Waals surface area contributed by atoms with Gasteiger partial charge in [0, 0.05) is 29.4 Å². The second kappa shape index (κ2) is 5.81. The fraction of sp³-hybridized carbons (Fsp3) is 0.0667. The number of anilines is 1. The molecule has 2 N–H and O–H groups in total. The molecule has 2 aromatic rings. The fourth-order valence-electron chi connectivity index (χ4n) is 2.29. The van der Waals surface area contributed by atoms with Crippen LogP contribution in [0.1, 0.15) is 26.3 Å². The molecular weight excluding hydrogens is 366 g/mol. The summed E-state index contributed by atoms with van der Waals surface area (Å²) in [6.45, 7) is 0.474. The molecule has 0 aliphatic carbocycles. The molecule has 0 unspecified atom stereocenters. The highest BCUT2D eigenvalue weighted by molar-refractivity contribution is 9.10. The van der Waals surface area contributed by atoms with Crippen molar-refractivity contribution in [3.05, 3.63) is 67.7 Å². The Morgan fingerprint density at radius 3 is 2.78 bits per heavy atom. The Morgan fingerprint density at radius 2 is 2.04 bits per heavy atom. The van der Waals surface area contributed by atoms with Gasteiger partial charge in [-0.2, -0.15) is 0 Å². The number of carbonyl (C=O) groups is 2. The molecule has 2 amide bonds. The number of benzene rings is 2. The van der Waals surface area contributed by atoms with Crippen molar-refractivity contribution in [1.29, 1.82) is 0 Å². The van der Waals surface area contributed by atoms with Gasteiger partial charge >= 0.3 is 0 Å². The third-order valence-electron chi connectivity index (χ3n) is 3.46. The minimum Gasteiger partial charge on any atom is -0.348 e. The quantitative estimate of drug-likeness (QED) is 0.635. The Bertz CT molecular complexity index is 851. The van der Waals surface area contributed by atoms with Crippen LogP contribution < -0.4 is 10.6 Å². The van der Waals surface area contributed by atoms with E-state index < -0.39 is 10.8 Å². The Labute approximate surface area is 139 Å². The van der Waals surface area contributed by atoms with Crippen molar-refractivity contribution in [3.63, 3.8) is 0 Å². The number of carbonyl (C=O) groups excluding carboxylic acids is 2. The summed E-state index contributed by atoms with van der Waals surface area (Å²) in [6, 6.07) is 9.15. The molecule has 1 aliphatic heterocycles. The van der Waals surface area contributed by atoms with E-state index in [1.54, 1.807) is 18.2 Å². The highest BCUT2D eigenvalue weighted by Crippen LogP contribution is 2.26. The highest BCUT2D eigenvalue weighted by atomic mass is 79.9. The number of hydrogen-bond donors (Lipinski definition) is 2. The lowest BCUT2D eigenvalue weighted by Gasteiger charge is -2.07. The summed E-state index contributed by atoms with van der Waals surface area (Å²) in [4.78, 5) is 34.2. The number of rotatable bonds is 3. The maximum atomic E-state index is 12.2. The minimum atomic E-state index is -0.569. The Hall–Kier alpha value is -2.74. The molecule has 0 fully saturated rings. The standard InChI is InChI=1S/C15H10BrN3O4/c16-12-4-2-8(5-13(12)19(22)23)14(20)18-10-3-1-9-7-17-15(21)11(9)6-10/h1-6H,7H2,(H,17,21)(H,18,20). The van der Waals surface area contributed by atoms with Gasteiger partial charge in [-0.05, 0) is 45.8 Å². The van der Waals surface area contributed by atoms with Crippen LogP contribution in [-0.4, -0.2) is 16.7 Å². The van der Waals surface area contributed by atoms with Crippen LogP contribution in [0, 0.1) is 10.1 Å². The molecule has 23 heavy (non-hydrogen) atoms. The predicted octanol–water partition coefficient (Wildman–Crippen LogP) is 2.85. The van der Waals surface area contributed by atoms with Gasteiger partial charge in [0.2, 0.25) is 0 Å². The molecule has 7 nitrogen and oxygen atoms in total. The van der Waals surface area contributed by atoms with E-state index in [1.807, 2.05) is 0 Å². The van der Waals surface area contributed by atoms with Gasteiger partial charge in [0.05, 0.1) is 9.40 Å². The summed E-state index contributed by atoms with van der Waals surface area (Å²) in [5.41, 5.74) is 1.81. The summed E-state index contributed by atoms with van der Waals surface area (Å²) in [7, 11) is 0. The van der Waals surface area contributed by atoms with E-state index >= 15 is 0 Å². The van der Waals surface area contributed by atoms with Crippen LogP contribution in [0.3, 0.4) is 0 Å². The van der Waals surface area contributed by atoms with Gasteiger partial charge < -0.3 is 10.6 Å². The molecule has 0 saturated heterocycles. The highest BCUT2D eigenvalue weighted by Gasteiger charge is 2.20. The monoisotopic (exact) mass is 375 g/mol. The first-order chi connectivity index (χ1) is 11.0. The number of nitrogens with one attached hydrogen (secondary N) is 2. The third-order valence-corrected chi connectivity index (χ3v) is 4.13. The molecule has 8 heteroatoms. The molecule has 0 bridgehead atoms. The SMILES string of the molecule is O=C(Nc1ccc2c(c1)C(=O)NC2)c1ccc(Br)c([N+](=O)[O-])c1. The number of nitrogens with zero attached hydrogens (tertiary/aromatic N) is 1. The topological polar surface area (TPSA) is 101 Å². The molecule has 3 rings (SSSR count). The number of fused-ring (bicyclic) bond motifs is 1.